The molecule has 1 unspecified atom stereocenters. The molecule has 1 aliphatic rings. The molecule has 0 aromatic heterocycles. The van der Waals surface area contributed by atoms with Gasteiger partial charge in [0.2, 0.25) is 5.91 Å². The Kier molecular flexibility index (Phi) is 5.77. The van der Waals surface area contributed by atoms with Gasteiger partial charge in [-0.2, -0.15) is 0 Å². The van der Waals surface area contributed by atoms with E-state index in [4.69, 9.17) is 0 Å². The molecule has 1 fully saturated rings. The Labute approximate surface area is 99.0 Å². The fourth-order valence-corrected chi connectivity index (χ4v) is 2.18. The number of carbonyl (C=O) groups excluding carboxylic acids is 1. The highest BCUT2D eigenvalue weighted by Crippen LogP contribution is 2.07. The third-order valence-corrected chi connectivity index (χ3v) is 3.26. The molecule has 94 valence electrons. The number of nitrogens with zero attached hydrogens (tertiary/aromatic N) is 2. The molecule has 1 aliphatic heterocycles. The Balaban J connectivity index is 2.22. The molecular formula is C12H25N3O. The highest BCUT2D eigenvalue weighted by Gasteiger charge is 2.18. The number of carbonyl (C=O) groups is 1. The molecule has 1 atom stereocenters. The van der Waals surface area contributed by atoms with Gasteiger partial charge in [-0.3, -0.25) is 4.79 Å². The van der Waals surface area contributed by atoms with Crippen molar-refractivity contribution >= 4 is 5.91 Å². The maximum absolute atomic E-state index is 11.9. The maximum Gasteiger partial charge on any atom is 0.226 e. The summed E-state index contributed by atoms with van der Waals surface area (Å²) < 4.78 is 0. The first-order valence-corrected chi connectivity index (χ1v) is 6.27. The second-order valence-electron chi connectivity index (χ2n) is 4.77. The number of likely N-dealkylation sites (N-methyl/N-ethyl adjacent to an activating group) is 1. The van der Waals surface area contributed by atoms with E-state index >= 15 is 0 Å². The Morgan fingerprint density at radius 1 is 1.44 bits per heavy atom. The number of hydrogen-bond acceptors (Lipinski definition) is 3. The molecule has 1 heterocycles. The molecule has 1 N–H and O–H groups in total. The lowest BCUT2D eigenvalue weighted by molar-refractivity contribution is -0.133. The topological polar surface area (TPSA) is 35.6 Å². The summed E-state index contributed by atoms with van der Waals surface area (Å²) in [5.74, 6) is 0.321. The maximum atomic E-state index is 11.9. The molecule has 1 saturated heterocycles. The summed E-state index contributed by atoms with van der Waals surface area (Å²) in [7, 11) is 3.79. The SMILES string of the molecule is CNCC(C)C(=O)N(C)CCN1CCCC1. The lowest BCUT2D eigenvalue weighted by atomic mass is 10.1. The van der Waals surface area contributed by atoms with E-state index in [1.165, 1.54) is 25.9 Å². The molecule has 0 aliphatic carbocycles. The van der Waals surface area contributed by atoms with E-state index in [1.807, 2.05) is 25.9 Å². The minimum Gasteiger partial charge on any atom is -0.344 e. The Hall–Kier alpha value is -0.610. The van der Waals surface area contributed by atoms with Crippen molar-refractivity contribution in [3.05, 3.63) is 0 Å². The predicted octanol–water partition coefficient (Wildman–Crippen LogP) is 0.396. The van der Waals surface area contributed by atoms with Gasteiger partial charge < -0.3 is 15.1 Å². The fraction of sp³-hybridized carbons (Fsp3) is 0.917. The number of hydrogen-bond donors (Lipinski definition) is 1. The number of nitrogens with one attached hydrogen (secondary N) is 1. The average Bonchev–Trinajstić information content (AvgIpc) is 2.78. The van der Waals surface area contributed by atoms with Crippen LogP contribution < -0.4 is 5.32 Å². The molecular weight excluding hydrogens is 202 g/mol. The molecule has 0 radical (unpaired) electrons. The van der Waals surface area contributed by atoms with E-state index in [2.05, 4.69) is 10.2 Å². The summed E-state index contributed by atoms with van der Waals surface area (Å²) in [6.45, 7) is 7.02. The van der Waals surface area contributed by atoms with Crippen molar-refractivity contribution < 1.29 is 4.79 Å². The molecule has 4 nitrogen and oxygen atoms in total. The standard InChI is InChI=1S/C12H25N3O/c1-11(10-13-2)12(16)14(3)8-9-15-6-4-5-7-15/h11,13H,4-10H2,1-3H3. The van der Waals surface area contributed by atoms with E-state index in [0.29, 0.717) is 0 Å². The normalized spacial score (nSPS) is 18.7. The first-order chi connectivity index (χ1) is 7.65. The largest absolute Gasteiger partial charge is 0.344 e. The van der Waals surface area contributed by atoms with Crippen LogP contribution >= 0.6 is 0 Å². The predicted molar refractivity (Wildman–Crippen MR) is 66.4 cm³/mol. The van der Waals surface area contributed by atoms with Gasteiger partial charge in [0.15, 0.2) is 0 Å². The van der Waals surface area contributed by atoms with Gasteiger partial charge in [-0.25, -0.2) is 0 Å². The summed E-state index contributed by atoms with van der Waals surface area (Å²) in [5.41, 5.74) is 0. The summed E-state index contributed by atoms with van der Waals surface area (Å²) in [5, 5.41) is 3.04. The summed E-state index contributed by atoms with van der Waals surface area (Å²) in [4.78, 5) is 16.2. The third kappa shape index (κ3) is 4.10. The van der Waals surface area contributed by atoms with Gasteiger partial charge in [0.1, 0.15) is 0 Å². The van der Waals surface area contributed by atoms with E-state index in [-0.39, 0.29) is 11.8 Å². The monoisotopic (exact) mass is 227 g/mol. The molecule has 1 rings (SSSR count). The van der Waals surface area contributed by atoms with Gasteiger partial charge in [0.05, 0.1) is 0 Å². The summed E-state index contributed by atoms with van der Waals surface area (Å²) in [6, 6.07) is 0. The Morgan fingerprint density at radius 2 is 2.06 bits per heavy atom. The lowest BCUT2D eigenvalue weighted by Gasteiger charge is -2.24. The van der Waals surface area contributed by atoms with Gasteiger partial charge in [-0.05, 0) is 33.0 Å². The summed E-state index contributed by atoms with van der Waals surface area (Å²) in [6.07, 6.45) is 2.63. The van der Waals surface area contributed by atoms with E-state index < -0.39 is 0 Å². The second-order valence-corrected chi connectivity index (χ2v) is 4.77. The second kappa shape index (κ2) is 6.86. The third-order valence-electron chi connectivity index (χ3n) is 3.26. The van der Waals surface area contributed by atoms with E-state index in [1.54, 1.807) is 0 Å². The first kappa shape index (κ1) is 13.5. The van der Waals surface area contributed by atoms with Crippen molar-refractivity contribution in [3.63, 3.8) is 0 Å². The van der Waals surface area contributed by atoms with Crippen molar-refractivity contribution in [2.75, 3.05) is 46.8 Å². The zero-order valence-corrected chi connectivity index (χ0v) is 10.8. The molecule has 0 bridgehead atoms. The van der Waals surface area contributed by atoms with Crippen molar-refractivity contribution in [2.24, 2.45) is 5.92 Å². The average molecular weight is 227 g/mol. The fourth-order valence-electron chi connectivity index (χ4n) is 2.18. The Morgan fingerprint density at radius 3 is 2.62 bits per heavy atom. The van der Waals surface area contributed by atoms with Crippen molar-refractivity contribution in [2.45, 2.75) is 19.8 Å². The van der Waals surface area contributed by atoms with Crippen LogP contribution in [-0.2, 0) is 4.79 Å². The van der Waals surface area contributed by atoms with Crippen LogP contribution in [-0.4, -0.2) is 62.5 Å². The molecule has 4 heteroatoms. The summed E-state index contributed by atoms with van der Waals surface area (Å²) >= 11 is 0. The molecule has 0 spiro atoms. The molecule has 16 heavy (non-hydrogen) atoms. The van der Waals surface area contributed by atoms with Crippen LogP contribution in [0.25, 0.3) is 0 Å². The number of likely N-dealkylation sites (tertiary alicyclic amines) is 1. The highest BCUT2D eigenvalue weighted by molar-refractivity contribution is 5.78. The lowest BCUT2D eigenvalue weighted by Crippen LogP contribution is -2.40. The van der Waals surface area contributed by atoms with Crippen molar-refractivity contribution in [1.29, 1.82) is 0 Å². The van der Waals surface area contributed by atoms with Crippen molar-refractivity contribution in [3.8, 4) is 0 Å². The van der Waals surface area contributed by atoms with Crippen LogP contribution in [0.1, 0.15) is 19.8 Å². The van der Waals surface area contributed by atoms with Gasteiger partial charge in [0, 0.05) is 32.6 Å². The highest BCUT2D eigenvalue weighted by atomic mass is 16.2. The van der Waals surface area contributed by atoms with Crippen LogP contribution in [0, 0.1) is 5.92 Å². The zero-order valence-electron chi connectivity index (χ0n) is 10.8. The van der Waals surface area contributed by atoms with Crippen LogP contribution in [0.5, 0.6) is 0 Å². The molecule has 0 aromatic carbocycles. The van der Waals surface area contributed by atoms with Crippen LogP contribution in [0.3, 0.4) is 0 Å². The molecule has 0 saturated carbocycles. The smallest absolute Gasteiger partial charge is 0.226 e. The number of rotatable bonds is 6. The first-order valence-electron chi connectivity index (χ1n) is 6.27. The minimum atomic E-state index is 0.0774. The Bertz CT molecular complexity index is 214. The van der Waals surface area contributed by atoms with Gasteiger partial charge >= 0.3 is 0 Å². The van der Waals surface area contributed by atoms with Crippen molar-refractivity contribution in [1.82, 2.24) is 15.1 Å². The molecule has 0 aromatic rings. The van der Waals surface area contributed by atoms with Crippen LogP contribution in [0.15, 0.2) is 0 Å². The quantitative estimate of drug-likeness (QED) is 0.713. The zero-order chi connectivity index (χ0) is 12.0. The number of amides is 1. The van der Waals surface area contributed by atoms with Crippen LogP contribution in [0.2, 0.25) is 0 Å². The van der Waals surface area contributed by atoms with Gasteiger partial charge in [-0.1, -0.05) is 6.92 Å². The van der Waals surface area contributed by atoms with E-state index in [9.17, 15) is 4.79 Å². The van der Waals surface area contributed by atoms with Gasteiger partial charge in [-0.15, -0.1) is 0 Å². The minimum absolute atomic E-state index is 0.0774. The van der Waals surface area contributed by atoms with E-state index in [0.717, 1.165) is 19.6 Å². The molecule has 1 amide bonds. The van der Waals surface area contributed by atoms with Crippen LogP contribution in [0.4, 0.5) is 0 Å². The van der Waals surface area contributed by atoms with Gasteiger partial charge in [0.25, 0.3) is 0 Å².